The maximum absolute atomic E-state index is 12.3. The predicted octanol–water partition coefficient (Wildman–Crippen LogP) is 3.62. The van der Waals surface area contributed by atoms with Crippen LogP contribution in [0.1, 0.15) is 25.3 Å². The fourth-order valence-corrected chi connectivity index (χ4v) is 4.94. The number of nitrogens with one attached hydrogen (secondary N) is 2. The van der Waals surface area contributed by atoms with Crippen LogP contribution in [0.15, 0.2) is 42.9 Å². The summed E-state index contributed by atoms with van der Waals surface area (Å²) in [4.78, 5) is 37.9. The Labute approximate surface area is 226 Å². The zero-order chi connectivity index (χ0) is 26.8. The molecule has 1 aromatic carbocycles. The van der Waals surface area contributed by atoms with Crippen molar-refractivity contribution in [3.63, 3.8) is 0 Å². The number of pyridine rings is 1. The Morgan fingerprint density at radius 1 is 1.10 bits per heavy atom. The van der Waals surface area contributed by atoms with Crippen LogP contribution in [0.2, 0.25) is 0 Å². The summed E-state index contributed by atoms with van der Waals surface area (Å²) in [6.07, 6.45) is 5.40. The third-order valence-corrected chi connectivity index (χ3v) is 7.10. The van der Waals surface area contributed by atoms with Gasteiger partial charge in [0.25, 0.3) is 5.88 Å². The van der Waals surface area contributed by atoms with E-state index in [4.69, 9.17) is 9.47 Å². The van der Waals surface area contributed by atoms with E-state index in [2.05, 4.69) is 35.1 Å². The first kappa shape index (κ1) is 25.1. The highest BCUT2D eigenvalue weighted by Gasteiger charge is 2.34. The normalized spacial score (nSPS) is 15.9. The second kappa shape index (κ2) is 10.9. The molecule has 1 saturated heterocycles. The molecule has 2 fully saturated rings. The number of anilines is 2. The summed E-state index contributed by atoms with van der Waals surface area (Å²) in [5.41, 5.74) is 4.33. The van der Waals surface area contributed by atoms with E-state index in [1.165, 1.54) is 6.33 Å². The number of hydrogen-bond acceptors (Lipinski definition) is 9. The number of aromatic nitrogens is 5. The van der Waals surface area contributed by atoms with Gasteiger partial charge in [-0.15, -0.1) is 0 Å². The molecule has 1 amide bonds. The first-order valence-corrected chi connectivity index (χ1v) is 13.4. The number of ether oxygens (including phenoxy) is 2. The number of aromatic amines is 1. The highest BCUT2D eigenvalue weighted by molar-refractivity contribution is 5.84. The number of amides is 1. The molecular formula is C28H32N8O3. The molecule has 11 heteroatoms. The number of piperazine rings is 1. The molecule has 11 nitrogen and oxygen atoms in total. The molecule has 2 N–H and O–H groups in total. The number of H-pyrrole nitrogens is 1. The highest BCUT2D eigenvalue weighted by Crippen LogP contribution is 2.35. The van der Waals surface area contributed by atoms with Crippen LogP contribution >= 0.6 is 0 Å². The molecule has 1 saturated carbocycles. The SMILES string of the molecule is CCOc1ncnc(-c2ccc3nc(Nc4cc(CN5CCN(C(=O)C6CC6)CC5)ccn4)[nH]c3c2)c1OC. The molecule has 6 rings (SSSR count). The number of methoxy groups -OCH3 is 1. The van der Waals surface area contributed by atoms with Gasteiger partial charge in [0, 0.05) is 50.4 Å². The third kappa shape index (κ3) is 5.49. The van der Waals surface area contributed by atoms with Gasteiger partial charge in [0.2, 0.25) is 17.6 Å². The number of nitrogens with zero attached hydrogens (tertiary/aromatic N) is 6. The van der Waals surface area contributed by atoms with Crippen LogP contribution in [0.3, 0.4) is 0 Å². The van der Waals surface area contributed by atoms with E-state index >= 15 is 0 Å². The molecule has 2 aliphatic rings. The Kier molecular flexibility index (Phi) is 6.97. The number of carbonyl (C=O) groups is 1. The van der Waals surface area contributed by atoms with Gasteiger partial charge in [-0.2, -0.15) is 4.98 Å². The topological polar surface area (TPSA) is 121 Å². The molecule has 202 valence electrons. The first-order valence-electron chi connectivity index (χ1n) is 13.4. The molecule has 1 aliphatic carbocycles. The fourth-order valence-electron chi connectivity index (χ4n) is 4.94. The quantitative estimate of drug-likeness (QED) is 0.335. The van der Waals surface area contributed by atoms with Gasteiger partial charge in [-0.05, 0) is 49.6 Å². The molecule has 0 radical (unpaired) electrons. The number of imidazole rings is 1. The van der Waals surface area contributed by atoms with E-state index in [9.17, 15) is 4.79 Å². The number of rotatable bonds is 9. The molecule has 0 atom stereocenters. The third-order valence-electron chi connectivity index (χ3n) is 7.10. The Balaban J connectivity index is 1.13. The van der Waals surface area contributed by atoms with E-state index in [-0.39, 0.29) is 0 Å². The number of hydrogen-bond donors (Lipinski definition) is 2. The van der Waals surface area contributed by atoms with Crippen molar-refractivity contribution in [1.82, 2.24) is 34.7 Å². The van der Waals surface area contributed by atoms with Crippen LogP contribution in [-0.2, 0) is 11.3 Å². The molecular weight excluding hydrogens is 496 g/mol. The van der Waals surface area contributed by atoms with E-state index < -0.39 is 0 Å². The minimum atomic E-state index is 0.290. The summed E-state index contributed by atoms with van der Waals surface area (Å²) >= 11 is 0. The van der Waals surface area contributed by atoms with Crippen molar-refractivity contribution in [2.75, 3.05) is 45.2 Å². The minimum absolute atomic E-state index is 0.290. The highest BCUT2D eigenvalue weighted by atomic mass is 16.5. The Bertz CT molecular complexity index is 1480. The van der Waals surface area contributed by atoms with Crippen molar-refractivity contribution in [3.8, 4) is 22.9 Å². The van der Waals surface area contributed by atoms with Gasteiger partial charge in [-0.3, -0.25) is 9.69 Å². The number of benzene rings is 1. The van der Waals surface area contributed by atoms with E-state index in [1.807, 2.05) is 48.4 Å². The lowest BCUT2D eigenvalue weighted by Crippen LogP contribution is -2.48. The van der Waals surface area contributed by atoms with Crippen molar-refractivity contribution in [3.05, 3.63) is 48.4 Å². The molecule has 0 unspecified atom stereocenters. The lowest BCUT2D eigenvalue weighted by atomic mass is 10.1. The van der Waals surface area contributed by atoms with Crippen molar-refractivity contribution in [2.24, 2.45) is 5.92 Å². The van der Waals surface area contributed by atoms with Gasteiger partial charge in [0.15, 0.2) is 0 Å². The van der Waals surface area contributed by atoms with Crippen molar-refractivity contribution >= 4 is 28.7 Å². The average Bonchev–Trinajstić information content (AvgIpc) is 3.73. The Morgan fingerprint density at radius 3 is 2.72 bits per heavy atom. The smallest absolute Gasteiger partial charge is 0.260 e. The average molecular weight is 529 g/mol. The summed E-state index contributed by atoms with van der Waals surface area (Å²) in [5, 5.41) is 3.30. The maximum atomic E-state index is 12.3. The summed E-state index contributed by atoms with van der Waals surface area (Å²) in [6, 6.07) is 9.94. The summed E-state index contributed by atoms with van der Waals surface area (Å²) in [7, 11) is 1.58. The van der Waals surface area contributed by atoms with Gasteiger partial charge in [0.1, 0.15) is 17.8 Å². The number of fused-ring (bicyclic) bond motifs is 1. The standard InChI is InChI=1S/C28H32N8O3/c1-3-39-26-25(38-2)24(30-17-31-26)20-6-7-21-22(15-20)33-28(32-21)34-23-14-18(8-9-29-23)16-35-10-12-36(13-11-35)27(37)19-4-5-19/h6-9,14-15,17,19H,3-5,10-13,16H2,1-2H3,(H2,29,32,33,34). The van der Waals surface area contributed by atoms with E-state index in [0.717, 1.165) is 67.7 Å². The monoisotopic (exact) mass is 528 g/mol. The first-order chi connectivity index (χ1) is 19.1. The van der Waals surface area contributed by atoms with Gasteiger partial charge < -0.3 is 24.7 Å². The summed E-state index contributed by atoms with van der Waals surface area (Å²) < 4.78 is 11.2. The Morgan fingerprint density at radius 2 is 1.95 bits per heavy atom. The van der Waals surface area contributed by atoms with Crippen LogP contribution < -0.4 is 14.8 Å². The second-order valence-corrected chi connectivity index (χ2v) is 9.86. The van der Waals surface area contributed by atoms with Crippen LogP contribution in [0.25, 0.3) is 22.3 Å². The summed E-state index contributed by atoms with van der Waals surface area (Å²) in [6.45, 7) is 6.58. The lowest BCUT2D eigenvalue weighted by Gasteiger charge is -2.34. The van der Waals surface area contributed by atoms with Crippen LogP contribution in [0, 0.1) is 5.92 Å². The molecule has 4 heterocycles. The molecule has 1 aliphatic heterocycles. The van der Waals surface area contributed by atoms with Gasteiger partial charge in [-0.1, -0.05) is 6.07 Å². The fraction of sp³-hybridized carbons (Fsp3) is 0.393. The van der Waals surface area contributed by atoms with E-state index in [0.29, 0.717) is 47.5 Å². The molecule has 4 aromatic rings. The van der Waals surface area contributed by atoms with Crippen LogP contribution in [-0.4, -0.2) is 80.5 Å². The zero-order valence-electron chi connectivity index (χ0n) is 22.2. The molecule has 0 bridgehead atoms. The van der Waals surface area contributed by atoms with Crippen LogP contribution in [0.4, 0.5) is 11.8 Å². The minimum Gasteiger partial charge on any atom is -0.490 e. The van der Waals surface area contributed by atoms with Gasteiger partial charge in [0.05, 0.1) is 24.8 Å². The van der Waals surface area contributed by atoms with Gasteiger partial charge >= 0.3 is 0 Å². The second-order valence-electron chi connectivity index (χ2n) is 9.86. The van der Waals surface area contributed by atoms with Crippen molar-refractivity contribution in [2.45, 2.75) is 26.3 Å². The van der Waals surface area contributed by atoms with Gasteiger partial charge in [-0.25, -0.2) is 15.0 Å². The molecule has 39 heavy (non-hydrogen) atoms. The zero-order valence-corrected chi connectivity index (χ0v) is 22.2. The van der Waals surface area contributed by atoms with Crippen LogP contribution in [0.5, 0.6) is 11.6 Å². The molecule has 3 aromatic heterocycles. The predicted molar refractivity (Wildman–Crippen MR) is 147 cm³/mol. The number of carbonyl (C=O) groups excluding carboxylic acids is 1. The summed E-state index contributed by atoms with van der Waals surface area (Å²) in [5.74, 6) is 2.86. The van der Waals surface area contributed by atoms with Crippen molar-refractivity contribution < 1.29 is 14.3 Å². The van der Waals surface area contributed by atoms with Crippen molar-refractivity contribution in [1.29, 1.82) is 0 Å². The van der Waals surface area contributed by atoms with E-state index in [1.54, 1.807) is 7.11 Å². The Hall–Kier alpha value is -4.25. The largest absolute Gasteiger partial charge is 0.490 e. The molecule has 0 spiro atoms. The lowest BCUT2D eigenvalue weighted by molar-refractivity contribution is -0.134. The maximum Gasteiger partial charge on any atom is 0.260 e.